The number of nitrogens with zero attached hydrogens (tertiary/aromatic N) is 3. The second kappa shape index (κ2) is 6.05. The number of benzene rings is 1. The molecule has 0 atom stereocenters. The number of aromatic nitrogens is 2. The Morgan fingerprint density at radius 3 is 2.43 bits per heavy atom. The normalized spacial score (nSPS) is 16.7. The van der Waals surface area contributed by atoms with Crippen LogP contribution < -0.4 is 0 Å². The van der Waals surface area contributed by atoms with Gasteiger partial charge in [0.1, 0.15) is 0 Å². The molecule has 7 heteroatoms. The van der Waals surface area contributed by atoms with Crippen molar-refractivity contribution in [3.63, 3.8) is 0 Å². The zero-order chi connectivity index (χ0) is 16.6. The summed E-state index contributed by atoms with van der Waals surface area (Å²) in [5, 5.41) is 3.93. The van der Waals surface area contributed by atoms with Crippen LogP contribution in [0.5, 0.6) is 0 Å². The van der Waals surface area contributed by atoms with Crippen molar-refractivity contribution in [3.8, 4) is 0 Å². The lowest BCUT2D eigenvalue weighted by atomic mass is 10.0. The second-order valence-electron chi connectivity index (χ2n) is 6.16. The van der Waals surface area contributed by atoms with Gasteiger partial charge in [-0.2, -0.15) is 9.29 Å². The van der Waals surface area contributed by atoms with Crippen LogP contribution in [0.1, 0.15) is 49.9 Å². The fourth-order valence-electron chi connectivity index (χ4n) is 2.48. The first kappa shape index (κ1) is 16.1. The number of hydrogen-bond donors (Lipinski definition) is 0. The molecule has 1 aromatic heterocycles. The summed E-state index contributed by atoms with van der Waals surface area (Å²) in [6.07, 6.45) is 0.890. The molecule has 2 heterocycles. The van der Waals surface area contributed by atoms with Crippen molar-refractivity contribution in [2.75, 3.05) is 13.1 Å². The lowest BCUT2D eigenvalue weighted by Gasteiger charge is -2.35. The predicted molar refractivity (Wildman–Crippen MR) is 85.7 cm³/mol. The highest BCUT2D eigenvalue weighted by molar-refractivity contribution is 7.89. The number of rotatable bonds is 5. The Balaban J connectivity index is 1.69. The molecule has 0 N–H and O–H groups in total. The highest BCUT2D eigenvalue weighted by Gasteiger charge is 2.40. The minimum atomic E-state index is -3.43. The molecular formula is C16H21N3O3S. The molecule has 0 saturated carbocycles. The zero-order valence-corrected chi connectivity index (χ0v) is 14.4. The van der Waals surface area contributed by atoms with Crippen molar-refractivity contribution in [2.24, 2.45) is 0 Å². The Bertz CT molecular complexity index is 775. The van der Waals surface area contributed by atoms with E-state index in [-0.39, 0.29) is 11.8 Å². The van der Waals surface area contributed by atoms with Crippen LogP contribution in [-0.2, 0) is 16.4 Å². The SMILES string of the molecule is CCc1ccc(S(=O)(=O)N2CC(c3nc(C(C)C)no3)C2)cc1. The topological polar surface area (TPSA) is 76.3 Å². The van der Waals surface area contributed by atoms with Crippen molar-refractivity contribution >= 4 is 10.0 Å². The minimum Gasteiger partial charge on any atom is -0.339 e. The van der Waals surface area contributed by atoms with E-state index in [0.717, 1.165) is 12.0 Å². The highest BCUT2D eigenvalue weighted by Crippen LogP contribution is 2.31. The van der Waals surface area contributed by atoms with Crippen molar-refractivity contribution in [1.29, 1.82) is 0 Å². The van der Waals surface area contributed by atoms with Crippen molar-refractivity contribution in [1.82, 2.24) is 14.4 Å². The lowest BCUT2D eigenvalue weighted by Crippen LogP contribution is -2.48. The average Bonchev–Trinajstić information content (AvgIpc) is 2.95. The molecule has 0 bridgehead atoms. The van der Waals surface area contributed by atoms with Crippen LogP contribution in [0.4, 0.5) is 0 Å². The standard InChI is InChI=1S/C16H21N3O3S/c1-4-12-5-7-14(8-6-12)23(20,21)19-9-13(10-19)16-17-15(11(2)3)18-22-16/h5-8,11,13H,4,9-10H2,1-3H3. The fraction of sp³-hybridized carbons (Fsp3) is 0.500. The lowest BCUT2D eigenvalue weighted by molar-refractivity contribution is 0.216. The molecule has 0 aliphatic carbocycles. The largest absolute Gasteiger partial charge is 0.339 e. The summed E-state index contributed by atoms with van der Waals surface area (Å²) in [7, 11) is -3.43. The molecule has 1 aliphatic rings. The third-order valence-electron chi connectivity index (χ3n) is 4.14. The molecular weight excluding hydrogens is 314 g/mol. The zero-order valence-electron chi connectivity index (χ0n) is 13.6. The van der Waals surface area contributed by atoms with Gasteiger partial charge in [0.2, 0.25) is 15.9 Å². The molecule has 0 spiro atoms. The number of sulfonamides is 1. The summed E-state index contributed by atoms with van der Waals surface area (Å²) in [5.74, 6) is 1.38. The third kappa shape index (κ3) is 3.03. The van der Waals surface area contributed by atoms with Gasteiger partial charge in [-0.25, -0.2) is 8.42 Å². The van der Waals surface area contributed by atoms with Crippen molar-refractivity contribution in [2.45, 2.75) is 43.9 Å². The molecule has 2 aromatic rings. The Hall–Kier alpha value is -1.73. The van der Waals surface area contributed by atoms with E-state index >= 15 is 0 Å². The minimum absolute atomic E-state index is 0.0142. The van der Waals surface area contributed by atoms with Gasteiger partial charge in [0.15, 0.2) is 5.82 Å². The van der Waals surface area contributed by atoms with E-state index in [1.54, 1.807) is 12.1 Å². The smallest absolute Gasteiger partial charge is 0.243 e. The van der Waals surface area contributed by atoms with Gasteiger partial charge in [0, 0.05) is 19.0 Å². The summed E-state index contributed by atoms with van der Waals surface area (Å²) >= 11 is 0. The molecule has 1 saturated heterocycles. The summed E-state index contributed by atoms with van der Waals surface area (Å²) in [6, 6.07) is 7.06. The third-order valence-corrected chi connectivity index (χ3v) is 5.99. The van der Waals surface area contributed by atoms with Gasteiger partial charge < -0.3 is 4.52 Å². The molecule has 0 radical (unpaired) electrons. The van der Waals surface area contributed by atoms with Gasteiger partial charge >= 0.3 is 0 Å². The first-order chi connectivity index (χ1) is 10.9. The molecule has 6 nitrogen and oxygen atoms in total. The van der Waals surface area contributed by atoms with E-state index in [9.17, 15) is 8.42 Å². The van der Waals surface area contributed by atoms with E-state index in [4.69, 9.17) is 4.52 Å². The van der Waals surface area contributed by atoms with Crippen LogP contribution >= 0.6 is 0 Å². The Morgan fingerprint density at radius 2 is 1.91 bits per heavy atom. The first-order valence-electron chi connectivity index (χ1n) is 7.84. The summed E-state index contributed by atoms with van der Waals surface area (Å²) in [4.78, 5) is 4.68. The molecule has 1 aliphatic heterocycles. The Labute approximate surface area is 136 Å². The van der Waals surface area contributed by atoms with Gasteiger partial charge in [-0.3, -0.25) is 0 Å². The predicted octanol–water partition coefficient (Wildman–Crippen LogP) is 2.54. The maximum Gasteiger partial charge on any atom is 0.243 e. The van der Waals surface area contributed by atoms with Crippen molar-refractivity contribution in [3.05, 3.63) is 41.5 Å². The van der Waals surface area contributed by atoms with Crippen LogP contribution in [0.2, 0.25) is 0 Å². The van der Waals surface area contributed by atoms with Gasteiger partial charge in [-0.15, -0.1) is 0 Å². The van der Waals surface area contributed by atoms with Gasteiger partial charge in [0.05, 0.1) is 10.8 Å². The molecule has 23 heavy (non-hydrogen) atoms. The molecule has 3 rings (SSSR count). The van der Waals surface area contributed by atoms with E-state index in [0.29, 0.717) is 29.7 Å². The fourth-order valence-corrected chi connectivity index (χ4v) is 4.01. The van der Waals surface area contributed by atoms with Crippen LogP contribution in [0.3, 0.4) is 0 Å². The van der Waals surface area contributed by atoms with E-state index < -0.39 is 10.0 Å². The quantitative estimate of drug-likeness (QED) is 0.839. The van der Waals surface area contributed by atoms with Crippen LogP contribution in [0.25, 0.3) is 0 Å². The molecule has 0 unspecified atom stereocenters. The molecule has 0 amide bonds. The van der Waals surface area contributed by atoms with E-state index in [1.807, 2.05) is 32.9 Å². The average molecular weight is 335 g/mol. The molecule has 1 aromatic carbocycles. The van der Waals surface area contributed by atoms with Gasteiger partial charge in [0.25, 0.3) is 0 Å². The number of aryl methyl sites for hydroxylation is 1. The second-order valence-corrected chi connectivity index (χ2v) is 8.10. The number of hydrogen-bond acceptors (Lipinski definition) is 5. The Morgan fingerprint density at radius 1 is 1.26 bits per heavy atom. The molecule has 124 valence electrons. The van der Waals surface area contributed by atoms with Crippen molar-refractivity contribution < 1.29 is 12.9 Å². The van der Waals surface area contributed by atoms with Crippen LogP contribution in [0.15, 0.2) is 33.7 Å². The maximum absolute atomic E-state index is 12.6. The Kier molecular flexibility index (Phi) is 4.25. The van der Waals surface area contributed by atoms with E-state index in [2.05, 4.69) is 10.1 Å². The van der Waals surface area contributed by atoms with Crippen LogP contribution in [-0.4, -0.2) is 36.0 Å². The summed E-state index contributed by atoms with van der Waals surface area (Å²) in [5.41, 5.74) is 1.12. The van der Waals surface area contributed by atoms with Gasteiger partial charge in [-0.1, -0.05) is 38.1 Å². The summed E-state index contributed by atoms with van der Waals surface area (Å²) < 4.78 is 31.8. The molecule has 1 fully saturated rings. The van der Waals surface area contributed by atoms with Crippen LogP contribution in [0, 0.1) is 0 Å². The van der Waals surface area contributed by atoms with Gasteiger partial charge in [-0.05, 0) is 24.1 Å². The maximum atomic E-state index is 12.6. The first-order valence-corrected chi connectivity index (χ1v) is 9.28. The monoisotopic (exact) mass is 335 g/mol. The van der Waals surface area contributed by atoms with E-state index in [1.165, 1.54) is 4.31 Å². The highest BCUT2D eigenvalue weighted by atomic mass is 32.2. The summed E-state index contributed by atoms with van der Waals surface area (Å²) in [6.45, 7) is 6.80.